The van der Waals surface area contributed by atoms with Gasteiger partial charge in [-0.1, -0.05) is 37.8 Å². The molecule has 2 saturated heterocycles. The number of likely N-dealkylation sites (N-methyl/N-ethyl adjacent to an activating group) is 1. The number of methoxy groups -OCH3 is 1. The van der Waals surface area contributed by atoms with Crippen LogP contribution in [0.25, 0.3) is 21.7 Å². The third-order valence-electron chi connectivity index (χ3n) is 9.68. The van der Waals surface area contributed by atoms with Crippen molar-refractivity contribution in [2.24, 2.45) is 5.73 Å². The summed E-state index contributed by atoms with van der Waals surface area (Å²) < 4.78 is 18.0. The van der Waals surface area contributed by atoms with Crippen molar-refractivity contribution in [1.82, 2.24) is 20.0 Å². The summed E-state index contributed by atoms with van der Waals surface area (Å²) in [5, 5.41) is 12.5. The molecule has 0 atom stereocenters. The Balaban J connectivity index is 1.23. The monoisotopic (exact) mass is 679 g/mol. The smallest absolute Gasteiger partial charge is 0.284 e. The number of amides is 1. The molecule has 2 aromatic carbocycles. The van der Waals surface area contributed by atoms with E-state index < -0.39 is 5.91 Å². The first kappa shape index (κ1) is 35.0. The van der Waals surface area contributed by atoms with Crippen LogP contribution in [0.15, 0.2) is 77.3 Å². The van der Waals surface area contributed by atoms with E-state index in [2.05, 4.69) is 57.4 Å². The molecule has 50 heavy (non-hydrogen) atoms. The first-order chi connectivity index (χ1) is 24.4. The standard InChI is InChI=1S/C39H49N7O4/c1-5-9-28(10-6-2)23-33-31-26-35(48-4)36(49-22-8-13-44-16-14-43(7-3)15-17-44)27-32(31)39(42-41-33)46-20-18-45(19-21-46)30-12-11-29-24-37(38(40)47)50-34(29)25-30/h5-6,9-12,24-27H,1,7-8,13-23H2,2-4H3,(H2,40,47)/b10-6-,28-9+. The Morgan fingerprint density at radius 1 is 0.960 bits per heavy atom. The van der Waals surface area contributed by atoms with E-state index in [0.717, 1.165) is 111 Å². The number of fused-ring (bicyclic) bond motifs is 2. The highest BCUT2D eigenvalue weighted by atomic mass is 16.5. The predicted molar refractivity (Wildman–Crippen MR) is 201 cm³/mol. The summed E-state index contributed by atoms with van der Waals surface area (Å²) in [6.07, 6.45) is 9.45. The van der Waals surface area contributed by atoms with Crippen molar-refractivity contribution in [2.75, 3.05) is 89.0 Å². The molecule has 4 aromatic rings. The van der Waals surface area contributed by atoms with Gasteiger partial charge in [0.1, 0.15) is 5.58 Å². The topological polar surface area (TPSA) is 113 Å². The van der Waals surface area contributed by atoms with E-state index >= 15 is 0 Å². The molecule has 0 radical (unpaired) electrons. The van der Waals surface area contributed by atoms with E-state index in [0.29, 0.717) is 30.1 Å². The van der Waals surface area contributed by atoms with Gasteiger partial charge in [0.05, 0.1) is 19.4 Å². The minimum absolute atomic E-state index is 0.166. The van der Waals surface area contributed by atoms with Crippen molar-refractivity contribution in [1.29, 1.82) is 0 Å². The number of hydrogen-bond donors (Lipinski definition) is 1. The van der Waals surface area contributed by atoms with Crippen molar-refractivity contribution in [2.45, 2.75) is 26.7 Å². The number of allylic oxidation sites excluding steroid dienone is 5. The number of anilines is 2. The Morgan fingerprint density at radius 2 is 1.70 bits per heavy atom. The highest BCUT2D eigenvalue weighted by molar-refractivity contribution is 5.97. The molecule has 0 unspecified atom stereocenters. The van der Waals surface area contributed by atoms with Crippen LogP contribution >= 0.6 is 0 Å². The molecule has 11 nitrogen and oxygen atoms in total. The molecule has 0 aliphatic carbocycles. The maximum absolute atomic E-state index is 11.6. The molecule has 2 N–H and O–H groups in total. The van der Waals surface area contributed by atoms with Crippen LogP contribution in [-0.4, -0.2) is 105 Å². The van der Waals surface area contributed by atoms with Gasteiger partial charge in [-0.05, 0) is 55.8 Å². The van der Waals surface area contributed by atoms with Gasteiger partial charge in [-0.2, -0.15) is 5.10 Å². The van der Waals surface area contributed by atoms with E-state index in [4.69, 9.17) is 29.8 Å². The first-order valence-electron chi connectivity index (χ1n) is 17.6. The summed E-state index contributed by atoms with van der Waals surface area (Å²) in [5.41, 5.74) is 9.07. The minimum atomic E-state index is -0.572. The molecular weight excluding hydrogens is 630 g/mol. The van der Waals surface area contributed by atoms with E-state index in [1.54, 1.807) is 19.3 Å². The number of furan rings is 1. The molecular formula is C39H49N7O4. The Kier molecular flexibility index (Phi) is 11.3. The third-order valence-corrected chi connectivity index (χ3v) is 9.68. The lowest BCUT2D eigenvalue weighted by molar-refractivity contribution is 0.0976. The molecule has 11 heteroatoms. The number of rotatable bonds is 14. The zero-order chi connectivity index (χ0) is 35.0. The summed E-state index contributed by atoms with van der Waals surface area (Å²) >= 11 is 0. The minimum Gasteiger partial charge on any atom is -0.493 e. The van der Waals surface area contributed by atoms with Gasteiger partial charge in [0.2, 0.25) is 0 Å². The number of carbonyl (C=O) groups is 1. The second kappa shape index (κ2) is 16.2. The number of benzene rings is 2. The van der Waals surface area contributed by atoms with Crippen LogP contribution in [0.2, 0.25) is 0 Å². The second-order valence-electron chi connectivity index (χ2n) is 12.8. The highest BCUT2D eigenvalue weighted by Gasteiger charge is 2.24. The van der Waals surface area contributed by atoms with Crippen molar-refractivity contribution >= 4 is 39.2 Å². The van der Waals surface area contributed by atoms with E-state index in [9.17, 15) is 4.79 Å². The maximum Gasteiger partial charge on any atom is 0.284 e. The Hall–Kier alpha value is -4.87. The lowest BCUT2D eigenvalue weighted by Gasteiger charge is -2.37. The number of carbonyl (C=O) groups excluding carboxylic acids is 1. The van der Waals surface area contributed by atoms with Gasteiger partial charge in [-0.15, -0.1) is 5.10 Å². The second-order valence-corrected chi connectivity index (χ2v) is 12.8. The largest absolute Gasteiger partial charge is 0.493 e. The zero-order valence-electron chi connectivity index (χ0n) is 29.6. The van der Waals surface area contributed by atoms with Crippen LogP contribution < -0.4 is 25.0 Å². The molecule has 2 aliphatic heterocycles. The fourth-order valence-corrected chi connectivity index (χ4v) is 6.88. The van der Waals surface area contributed by atoms with Gasteiger partial charge in [0.25, 0.3) is 5.91 Å². The molecule has 0 saturated carbocycles. The Labute approximate surface area is 294 Å². The molecule has 2 aliphatic rings. The van der Waals surface area contributed by atoms with Crippen molar-refractivity contribution in [3.8, 4) is 11.5 Å². The van der Waals surface area contributed by atoms with Crippen LogP contribution in [0.1, 0.15) is 36.5 Å². The van der Waals surface area contributed by atoms with Gasteiger partial charge in [-0.3, -0.25) is 4.79 Å². The fraction of sp³-hybridized carbons (Fsp3) is 0.410. The summed E-state index contributed by atoms with van der Waals surface area (Å²) in [6.45, 7) is 18.4. The van der Waals surface area contributed by atoms with E-state index in [-0.39, 0.29) is 5.76 Å². The summed E-state index contributed by atoms with van der Waals surface area (Å²) in [5.74, 6) is 1.83. The van der Waals surface area contributed by atoms with Crippen LogP contribution in [0.5, 0.6) is 11.5 Å². The van der Waals surface area contributed by atoms with Gasteiger partial charge < -0.3 is 39.2 Å². The van der Waals surface area contributed by atoms with Gasteiger partial charge in [-0.25, -0.2) is 0 Å². The lowest BCUT2D eigenvalue weighted by Crippen LogP contribution is -2.47. The van der Waals surface area contributed by atoms with Crippen molar-refractivity contribution in [3.63, 3.8) is 0 Å². The number of piperazine rings is 2. The third kappa shape index (κ3) is 7.95. The normalized spacial score (nSPS) is 16.5. The molecule has 2 aromatic heterocycles. The summed E-state index contributed by atoms with van der Waals surface area (Å²) in [7, 11) is 1.69. The maximum atomic E-state index is 11.6. The first-order valence-corrected chi connectivity index (χ1v) is 17.6. The molecule has 6 rings (SSSR count). The Morgan fingerprint density at radius 3 is 2.40 bits per heavy atom. The number of nitrogens with zero attached hydrogens (tertiary/aromatic N) is 6. The fourth-order valence-electron chi connectivity index (χ4n) is 6.88. The zero-order valence-corrected chi connectivity index (χ0v) is 29.6. The SMILES string of the molecule is C=C/C=C(\C=C/C)Cc1nnc(N2CCN(c3ccc4cc(C(N)=O)oc4c3)CC2)c2cc(OCCCN3CCN(CC)CC3)c(OC)cc12. The molecule has 0 spiro atoms. The Bertz CT molecular complexity index is 1870. The summed E-state index contributed by atoms with van der Waals surface area (Å²) in [4.78, 5) is 21.3. The predicted octanol–water partition coefficient (Wildman–Crippen LogP) is 5.45. The summed E-state index contributed by atoms with van der Waals surface area (Å²) in [6, 6.07) is 11.8. The highest BCUT2D eigenvalue weighted by Crippen LogP contribution is 2.38. The van der Waals surface area contributed by atoms with E-state index in [1.807, 2.05) is 31.2 Å². The van der Waals surface area contributed by atoms with Crippen LogP contribution in [0, 0.1) is 0 Å². The lowest BCUT2D eigenvalue weighted by atomic mass is 10.0. The number of primary amides is 1. The number of ether oxygens (including phenoxy) is 2. The average Bonchev–Trinajstić information content (AvgIpc) is 3.58. The van der Waals surface area contributed by atoms with Crippen molar-refractivity contribution in [3.05, 3.63) is 84.3 Å². The molecule has 1 amide bonds. The van der Waals surface area contributed by atoms with Gasteiger partial charge in [0.15, 0.2) is 23.1 Å². The number of nitrogens with two attached hydrogens (primary N) is 1. The molecule has 264 valence electrons. The van der Waals surface area contributed by atoms with Crippen LogP contribution in [0.4, 0.5) is 11.5 Å². The van der Waals surface area contributed by atoms with E-state index in [1.165, 1.54) is 0 Å². The number of hydrogen-bond acceptors (Lipinski definition) is 10. The number of aromatic nitrogens is 2. The van der Waals surface area contributed by atoms with Gasteiger partial charge >= 0.3 is 0 Å². The van der Waals surface area contributed by atoms with Crippen LogP contribution in [-0.2, 0) is 6.42 Å². The van der Waals surface area contributed by atoms with Crippen LogP contribution in [0.3, 0.4) is 0 Å². The van der Waals surface area contributed by atoms with Gasteiger partial charge in [0, 0.05) is 93.2 Å². The average molecular weight is 680 g/mol. The molecule has 0 bridgehead atoms. The van der Waals surface area contributed by atoms with Crippen molar-refractivity contribution < 1.29 is 18.7 Å². The molecule has 2 fully saturated rings. The quantitative estimate of drug-likeness (QED) is 0.136. The molecule has 4 heterocycles.